The maximum absolute atomic E-state index is 5.21. The Kier molecular flexibility index (Phi) is 3.12. The van der Waals surface area contributed by atoms with E-state index < -0.39 is 0 Å². The molecule has 1 aromatic carbocycles. The second kappa shape index (κ2) is 5.27. The molecule has 0 bridgehead atoms. The second-order valence-electron chi connectivity index (χ2n) is 4.88. The number of ether oxygens (including phenoxy) is 1. The molecule has 4 aromatic rings. The number of nitrogens with zero attached hydrogens (tertiary/aromatic N) is 3. The smallest absolute Gasteiger partial charge is 0.155 e. The standard InChI is InChI=1S/C17H13N3OS/c1-21-14-4-2-12(3-5-14)16-8-19-17-9-18-15(10-20(16)17)13-6-7-22-11-13/h2-11H,1H3. The SMILES string of the molecule is COc1ccc(-c2cnc3cnc(-c4ccsc4)cn23)cc1. The maximum atomic E-state index is 5.21. The van der Waals surface area contributed by atoms with Crippen molar-refractivity contribution in [3.8, 4) is 28.3 Å². The maximum Gasteiger partial charge on any atom is 0.155 e. The van der Waals surface area contributed by atoms with E-state index in [1.165, 1.54) is 0 Å². The van der Waals surface area contributed by atoms with Crippen LogP contribution in [0.15, 0.2) is 59.7 Å². The molecule has 0 spiro atoms. The Labute approximate surface area is 131 Å². The lowest BCUT2D eigenvalue weighted by atomic mass is 10.1. The van der Waals surface area contributed by atoms with Gasteiger partial charge in [0.1, 0.15) is 5.75 Å². The monoisotopic (exact) mass is 307 g/mol. The first-order chi connectivity index (χ1) is 10.8. The predicted molar refractivity (Wildman–Crippen MR) is 88.3 cm³/mol. The van der Waals surface area contributed by atoms with Crippen LogP contribution in [0.25, 0.3) is 28.2 Å². The highest BCUT2D eigenvalue weighted by atomic mass is 32.1. The van der Waals surface area contributed by atoms with Crippen molar-refractivity contribution < 1.29 is 4.74 Å². The number of imidazole rings is 1. The van der Waals surface area contributed by atoms with E-state index in [-0.39, 0.29) is 0 Å². The summed E-state index contributed by atoms with van der Waals surface area (Å²) >= 11 is 1.67. The number of thiophene rings is 1. The van der Waals surface area contributed by atoms with Gasteiger partial charge in [-0.15, -0.1) is 0 Å². The minimum atomic E-state index is 0.838. The zero-order chi connectivity index (χ0) is 14.9. The molecule has 4 nitrogen and oxygen atoms in total. The lowest BCUT2D eigenvalue weighted by Crippen LogP contribution is -1.92. The van der Waals surface area contributed by atoms with Gasteiger partial charge >= 0.3 is 0 Å². The van der Waals surface area contributed by atoms with Crippen LogP contribution in [0.5, 0.6) is 5.75 Å². The summed E-state index contributed by atoms with van der Waals surface area (Å²) in [6.07, 6.45) is 5.71. The normalized spacial score (nSPS) is 11.0. The molecule has 0 aliphatic carbocycles. The molecule has 0 saturated heterocycles. The molecule has 0 unspecified atom stereocenters. The molecule has 3 aromatic heterocycles. The van der Waals surface area contributed by atoms with Crippen molar-refractivity contribution in [2.24, 2.45) is 0 Å². The Morgan fingerprint density at radius 3 is 2.59 bits per heavy atom. The average molecular weight is 307 g/mol. The molecule has 0 N–H and O–H groups in total. The van der Waals surface area contributed by atoms with Crippen LogP contribution in [-0.2, 0) is 0 Å². The van der Waals surface area contributed by atoms with Crippen molar-refractivity contribution in [1.82, 2.24) is 14.4 Å². The molecule has 0 fully saturated rings. The van der Waals surface area contributed by atoms with Crippen molar-refractivity contribution in [1.29, 1.82) is 0 Å². The second-order valence-corrected chi connectivity index (χ2v) is 5.66. The summed E-state index contributed by atoms with van der Waals surface area (Å²) in [6, 6.07) is 10.0. The fourth-order valence-corrected chi connectivity index (χ4v) is 3.07. The number of methoxy groups -OCH3 is 1. The molecule has 5 heteroatoms. The van der Waals surface area contributed by atoms with Crippen LogP contribution in [0.1, 0.15) is 0 Å². The van der Waals surface area contributed by atoms with Crippen LogP contribution in [0, 0.1) is 0 Å². The first kappa shape index (κ1) is 13.0. The zero-order valence-electron chi connectivity index (χ0n) is 11.9. The van der Waals surface area contributed by atoms with E-state index in [9.17, 15) is 0 Å². The van der Waals surface area contributed by atoms with Gasteiger partial charge in [-0.05, 0) is 35.7 Å². The van der Waals surface area contributed by atoms with Gasteiger partial charge in [-0.3, -0.25) is 9.38 Å². The average Bonchev–Trinajstić information content (AvgIpc) is 3.24. The summed E-state index contributed by atoms with van der Waals surface area (Å²) in [6.45, 7) is 0. The molecule has 3 heterocycles. The topological polar surface area (TPSA) is 39.4 Å². The van der Waals surface area contributed by atoms with Gasteiger partial charge < -0.3 is 4.74 Å². The van der Waals surface area contributed by atoms with Crippen molar-refractivity contribution >= 4 is 17.0 Å². The minimum absolute atomic E-state index is 0.838. The summed E-state index contributed by atoms with van der Waals surface area (Å²) in [7, 11) is 1.67. The van der Waals surface area contributed by atoms with Crippen molar-refractivity contribution in [2.45, 2.75) is 0 Å². The van der Waals surface area contributed by atoms with E-state index >= 15 is 0 Å². The van der Waals surface area contributed by atoms with Gasteiger partial charge in [-0.2, -0.15) is 11.3 Å². The molecule has 0 saturated carbocycles. The summed E-state index contributed by atoms with van der Waals surface area (Å²) in [5.74, 6) is 0.846. The van der Waals surface area contributed by atoms with Crippen LogP contribution in [0.2, 0.25) is 0 Å². The molecule has 0 aliphatic rings. The van der Waals surface area contributed by atoms with Gasteiger partial charge in [0.2, 0.25) is 0 Å². The molecule has 0 amide bonds. The molecule has 108 valence electrons. The number of rotatable bonds is 3. The van der Waals surface area contributed by atoms with Crippen molar-refractivity contribution in [2.75, 3.05) is 7.11 Å². The third-order valence-electron chi connectivity index (χ3n) is 3.60. The molecular weight excluding hydrogens is 294 g/mol. The Bertz CT molecular complexity index is 911. The Morgan fingerprint density at radius 2 is 1.86 bits per heavy atom. The van der Waals surface area contributed by atoms with Crippen LogP contribution >= 0.6 is 11.3 Å². The number of aromatic nitrogens is 3. The van der Waals surface area contributed by atoms with E-state index in [0.717, 1.165) is 33.9 Å². The van der Waals surface area contributed by atoms with E-state index in [1.807, 2.05) is 36.7 Å². The Morgan fingerprint density at radius 1 is 1.00 bits per heavy atom. The molecular formula is C17H13N3OS. The molecule has 22 heavy (non-hydrogen) atoms. The van der Waals surface area contributed by atoms with Gasteiger partial charge in [-0.25, -0.2) is 4.98 Å². The molecule has 0 radical (unpaired) electrons. The van der Waals surface area contributed by atoms with Gasteiger partial charge in [0.15, 0.2) is 5.65 Å². The fraction of sp³-hybridized carbons (Fsp3) is 0.0588. The van der Waals surface area contributed by atoms with Crippen LogP contribution in [0.4, 0.5) is 0 Å². The largest absolute Gasteiger partial charge is 0.497 e. The third-order valence-corrected chi connectivity index (χ3v) is 4.28. The summed E-state index contributed by atoms with van der Waals surface area (Å²) in [5, 5.41) is 4.15. The van der Waals surface area contributed by atoms with Gasteiger partial charge in [-0.1, -0.05) is 0 Å². The molecule has 0 atom stereocenters. The highest BCUT2D eigenvalue weighted by molar-refractivity contribution is 7.08. The lowest BCUT2D eigenvalue weighted by Gasteiger charge is -2.05. The van der Waals surface area contributed by atoms with E-state index in [0.29, 0.717) is 0 Å². The summed E-state index contributed by atoms with van der Waals surface area (Å²) in [4.78, 5) is 8.92. The Balaban J connectivity index is 1.85. The first-order valence-corrected chi connectivity index (χ1v) is 7.79. The van der Waals surface area contributed by atoms with Gasteiger partial charge in [0.05, 0.1) is 30.9 Å². The number of benzene rings is 1. The Hall–Kier alpha value is -2.66. The predicted octanol–water partition coefficient (Wildman–Crippen LogP) is 4.13. The third kappa shape index (κ3) is 2.16. The molecule has 0 aliphatic heterocycles. The highest BCUT2D eigenvalue weighted by Gasteiger charge is 2.08. The zero-order valence-corrected chi connectivity index (χ0v) is 12.7. The first-order valence-electron chi connectivity index (χ1n) is 6.85. The van der Waals surface area contributed by atoms with E-state index in [4.69, 9.17) is 4.74 Å². The summed E-state index contributed by atoms with van der Waals surface area (Å²) < 4.78 is 7.28. The van der Waals surface area contributed by atoms with E-state index in [1.54, 1.807) is 24.6 Å². The van der Waals surface area contributed by atoms with Crippen LogP contribution in [0.3, 0.4) is 0 Å². The van der Waals surface area contributed by atoms with Crippen LogP contribution < -0.4 is 4.74 Å². The van der Waals surface area contributed by atoms with Crippen LogP contribution in [-0.4, -0.2) is 21.5 Å². The van der Waals surface area contributed by atoms with E-state index in [2.05, 4.69) is 31.2 Å². The summed E-state index contributed by atoms with van der Waals surface area (Å²) in [5.41, 5.74) is 5.04. The number of hydrogen-bond acceptors (Lipinski definition) is 4. The van der Waals surface area contributed by atoms with Gasteiger partial charge in [0.25, 0.3) is 0 Å². The lowest BCUT2D eigenvalue weighted by molar-refractivity contribution is 0.415. The van der Waals surface area contributed by atoms with Crippen molar-refractivity contribution in [3.63, 3.8) is 0 Å². The van der Waals surface area contributed by atoms with Crippen molar-refractivity contribution in [3.05, 3.63) is 59.7 Å². The fourth-order valence-electron chi connectivity index (χ4n) is 2.42. The molecule has 4 rings (SSSR count). The quantitative estimate of drug-likeness (QED) is 0.571. The number of hydrogen-bond donors (Lipinski definition) is 0. The minimum Gasteiger partial charge on any atom is -0.497 e. The van der Waals surface area contributed by atoms with Gasteiger partial charge in [0, 0.05) is 22.7 Å². The highest BCUT2D eigenvalue weighted by Crippen LogP contribution is 2.26. The number of fused-ring (bicyclic) bond motifs is 1.